The van der Waals surface area contributed by atoms with Gasteiger partial charge >= 0.3 is 6.01 Å². The second-order valence-electron chi connectivity index (χ2n) is 14.8. The number of aryl methyl sites for hydroxylation is 1. The quantitative estimate of drug-likeness (QED) is 0.290. The first-order valence-electron chi connectivity index (χ1n) is 17.8. The molecule has 2 unspecified atom stereocenters. The van der Waals surface area contributed by atoms with Gasteiger partial charge in [0.1, 0.15) is 24.0 Å². The number of hydrogen-bond donors (Lipinski definition) is 2. The van der Waals surface area contributed by atoms with E-state index in [1.165, 1.54) is 18.9 Å². The summed E-state index contributed by atoms with van der Waals surface area (Å²) in [4.78, 5) is 20.2. The van der Waals surface area contributed by atoms with Crippen LogP contribution in [0.25, 0.3) is 28.0 Å². The molecule has 48 heavy (non-hydrogen) atoms. The van der Waals surface area contributed by atoms with E-state index in [0.29, 0.717) is 48.3 Å². The van der Waals surface area contributed by atoms with Crippen molar-refractivity contribution in [3.05, 3.63) is 58.5 Å². The lowest BCUT2D eigenvalue weighted by Gasteiger charge is -2.35. The Hall–Kier alpha value is -3.82. The van der Waals surface area contributed by atoms with Gasteiger partial charge in [-0.2, -0.15) is 9.97 Å². The molecular formula is C39H46FN5O3. The van der Waals surface area contributed by atoms with Crippen molar-refractivity contribution in [1.29, 1.82) is 0 Å². The van der Waals surface area contributed by atoms with Crippen LogP contribution in [0, 0.1) is 11.7 Å². The third-order valence-corrected chi connectivity index (χ3v) is 11.4. The summed E-state index contributed by atoms with van der Waals surface area (Å²) in [6.07, 6.45) is 10.9. The van der Waals surface area contributed by atoms with E-state index in [-0.39, 0.29) is 23.1 Å². The largest absolute Gasteiger partial charge is 0.508 e. The molecule has 0 spiro atoms. The molecule has 0 bridgehead atoms. The number of phenols is 1. The normalized spacial score (nSPS) is 26.3. The predicted octanol–water partition coefficient (Wildman–Crippen LogP) is 6.81. The fourth-order valence-corrected chi connectivity index (χ4v) is 9.01. The van der Waals surface area contributed by atoms with Crippen LogP contribution < -0.4 is 9.64 Å². The molecule has 252 valence electrons. The maximum Gasteiger partial charge on any atom is 0.319 e. The van der Waals surface area contributed by atoms with Crippen LogP contribution in [0.1, 0.15) is 88.6 Å². The van der Waals surface area contributed by atoms with Crippen molar-refractivity contribution in [2.45, 2.75) is 89.8 Å². The number of aromatic nitrogens is 2. The van der Waals surface area contributed by atoms with Crippen LogP contribution >= 0.6 is 0 Å². The van der Waals surface area contributed by atoms with E-state index in [4.69, 9.17) is 19.7 Å². The average molecular weight is 652 g/mol. The summed E-state index contributed by atoms with van der Waals surface area (Å²) >= 11 is 0. The Kier molecular flexibility index (Phi) is 7.64. The zero-order valence-corrected chi connectivity index (χ0v) is 28.5. The number of rotatable bonds is 7. The molecule has 8 nitrogen and oxygen atoms in total. The number of piperidine rings is 1. The molecule has 2 atom stereocenters. The van der Waals surface area contributed by atoms with Gasteiger partial charge in [-0.25, -0.2) is 4.39 Å². The number of anilines is 1. The highest BCUT2D eigenvalue weighted by atomic mass is 19.1. The number of β-amino-alcohol motifs (C(OH)–C–C–N with tert-alkyl or cyclic N) is 1. The van der Waals surface area contributed by atoms with Crippen molar-refractivity contribution in [2.75, 3.05) is 37.7 Å². The van der Waals surface area contributed by atoms with Crippen molar-refractivity contribution in [1.82, 2.24) is 14.9 Å². The Balaban J connectivity index is 1.34. The Morgan fingerprint density at radius 1 is 1.15 bits per heavy atom. The van der Waals surface area contributed by atoms with Gasteiger partial charge in [0.2, 0.25) is 0 Å². The molecule has 3 saturated heterocycles. The van der Waals surface area contributed by atoms with Crippen molar-refractivity contribution in [3.8, 4) is 11.8 Å². The lowest BCUT2D eigenvalue weighted by molar-refractivity contribution is 0.107. The Labute approximate surface area is 282 Å². The number of aromatic hydroxyl groups is 1. The number of fused-ring (bicyclic) bond motifs is 4. The Morgan fingerprint density at radius 3 is 2.65 bits per heavy atom. The highest BCUT2D eigenvalue weighted by Gasteiger charge is 2.56. The van der Waals surface area contributed by atoms with Crippen molar-refractivity contribution >= 4 is 39.5 Å². The molecule has 5 aliphatic rings. The molecular weight excluding hydrogens is 605 g/mol. The van der Waals surface area contributed by atoms with Crippen molar-refractivity contribution in [2.24, 2.45) is 10.9 Å². The van der Waals surface area contributed by atoms with Gasteiger partial charge in [-0.15, -0.1) is 0 Å². The molecule has 2 aliphatic carbocycles. The van der Waals surface area contributed by atoms with Crippen LogP contribution in [0.15, 0.2) is 35.3 Å². The first-order chi connectivity index (χ1) is 23.1. The molecule has 4 fully saturated rings. The molecule has 1 aromatic heterocycles. The van der Waals surface area contributed by atoms with Gasteiger partial charge in [-0.1, -0.05) is 19.1 Å². The topological polar surface area (TPSA) is 94.3 Å². The van der Waals surface area contributed by atoms with Crippen LogP contribution in [0.3, 0.4) is 0 Å². The molecule has 1 saturated carbocycles. The molecule has 8 rings (SSSR count). The van der Waals surface area contributed by atoms with Gasteiger partial charge in [0.05, 0.1) is 28.1 Å². The fraction of sp³-hybridized carbons (Fsp3) is 0.513. The standard InChI is InChI=1S/C39H46FN5O3/c1-5-27-31(40)10-9-24-17-26(46)18-29(33(24)27)30-19-32-34(28(6-2)35(30)41-23(3)4)36(44-16-11-25-20-39(25,47)21-44)43-37(42-32)48-22-38-12-7-14-45(38)15-8-13-38/h6,9-10,17-19,23,25,46-47H,5,7-8,11-16,20-22H2,1-4H3/b28-6-,41-35?. The van der Waals surface area contributed by atoms with Gasteiger partial charge in [0.25, 0.3) is 0 Å². The second kappa shape index (κ2) is 11.7. The number of aliphatic hydroxyl groups is 1. The monoisotopic (exact) mass is 651 g/mol. The zero-order chi connectivity index (χ0) is 33.4. The van der Waals surface area contributed by atoms with Gasteiger partial charge in [-0.3, -0.25) is 9.89 Å². The van der Waals surface area contributed by atoms with Gasteiger partial charge in [-0.05, 0) is 131 Å². The lowest BCUT2D eigenvalue weighted by atomic mass is 9.82. The van der Waals surface area contributed by atoms with Crippen LogP contribution in [0.5, 0.6) is 11.8 Å². The van der Waals surface area contributed by atoms with E-state index in [9.17, 15) is 10.2 Å². The average Bonchev–Trinajstić information content (AvgIpc) is 3.35. The van der Waals surface area contributed by atoms with E-state index < -0.39 is 5.60 Å². The molecule has 4 heterocycles. The van der Waals surface area contributed by atoms with Crippen LogP contribution in [0.4, 0.5) is 10.2 Å². The molecule has 3 aromatic rings. The summed E-state index contributed by atoms with van der Waals surface area (Å²) in [7, 11) is 0. The van der Waals surface area contributed by atoms with Gasteiger partial charge in [0, 0.05) is 30.3 Å². The summed E-state index contributed by atoms with van der Waals surface area (Å²) in [5.41, 5.74) is 4.64. The maximum absolute atomic E-state index is 15.3. The van der Waals surface area contributed by atoms with Crippen molar-refractivity contribution < 1.29 is 19.3 Å². The summed E-state index contributed by atoms with van der Waals surface area (Å²) < 4.78 is 21.9. The number of ether oxygens (including phenoxy) is 1. The highest BCUT2D eigenvalue weighted by Crippen LogP contribution is 2.51. The number of nitrogens with zero attached hydrogens (tertiary/aromatic N) is 5. The van der Waals surface area contributed by atoms with E-state index >= 15 is 4.39 Å². The smallest absolute Gasteiger partial charge is 0.319 e. The molecule has 2 N–H and O–H groups in total. The minimum Gasteiger partial charge on any atom is -0.508 e. The minimum atomic E-state index is -0.689. The fourth-order valence-electron chi connectivity index (χ4n) is 9.01. The SMILES string of the molecule is C/C=C1\C(=NC(C)C)C(c2cc(O)cc3ccc(F)c(CC)c23)=Cc2nc(OCC34CCCN3CCC4)nc(N3CCC4CC4(O)C3)c21. The third kappa shape index (κ3) is 5.12. The first-order valence-corrected chi connectivity index (χ1v) is 17.8. The van der Waals surface area contributed by atoms with Crippen molar-refractivity contribution in [3.63, 3.8) is 0 Å². The Morgan fingerprint density at radius 2 is 1.94 bits per heavy atom. The number of benzene rings is 2. The molecule has 9 heteroatoms. The number of aliphatic imine (C=N–C) groups is 1. The van der Waals surface area contributed by atoms with Crippen LogP contribution in [-0.2, 0) is 6.42 Å². The number of hydrogen-bond acceptors (Lipinski definition) is 8. The maximum atomic E-state index is 15.3. The van der Waals surface area contributed by atoms with E-state index in [2.05, 4.69) is 15.9 Å². The first kappa shape index (κ1) is 31.4. The predicted molar refractivity (Wildman–Crippen MR) is 189 cm³/mol. The summed E-state index contributed by atoms with van der Waals surface area (Å²) in [6, 6.07) is 6.91. The molecule has 0 radical (unpaired) electrons. The number of phenolic OH excluding ortho intramolecular Hbond substituents is 1. The van der Waals surface area contributed by atoms with Gasteiger partial charge < -0.3 is 19.8 Å². The van der Waals surface area contributed by atoms with E-state index in [1.54, 1.807) is 18.2 Å². The molecule has 3 aliphatic heterocycles. The van der Waals surface area contributed by atoms with Crippen LogP contribution in [0.2, 0.25) is 0 Å². The lowest BCUT2D eigenvalue weighted by Crippen LogP contribution is -2.44. The van der Waals surface area contributed by atoms with E-state index in [0.717, 1.165) is 84.3 Å². The second-order valence-corrected chi connectivity index (χ2v) is 14.8. The van der Waals surface area contributed by atoms with Crippen LogP contribution in [-0.4, -0.2) is 80.8 Å². The third-order valence-electron chi connectivity index (χ3n) is 11.4. The summed E-state index contributed by atoms with van der Waals surface area (Å²) in [5, 5.41) is 23.8. The summed E-state index contributed by atoms with van der Waals surface area (Å²) in [5.74, 6) is 0.932. The van der Waals surface area contributed by atoms with Gasteiger partial charge in [0.15, 0.2) is 0 Å². The highest BCUT2D eigenvalue weighted by molar-refractivity contribution is 6.50. The minimum absolute atomic E-state index is 0.0363. The molecule has 2 aromatic carbocycles. The zero-order valence-electron chi connectivity index (χ0n) is 28.5. The molecule has 0 amide bonds. The summed E-state index contributed by atoms with van der Waals surface area (Å²) in [6.45, 7) is 12.1. The number of halogens is 1. The Bertz CT molecular complexity index is 1890. The van der Waals surface area contributed by atoms with E-state index in [1.807, 2.05) is 33.8 Å². The number of allylic oxidation sites excluding steroid dienone is 3.